The van der Waals surface area contributed by atoms with Gasteiger partial charge >= 0.3 is 5.69 Å². The summed E-state index contributed by atoms with van der Waals surface area (Å²) in [7, 11) is 0. The Labute approximate surface area is 113 Å². The molecule has 2 rings (SSSR count). The molecule has 2 aromatic heterocycles. The minimum atomic E-state index is -0.440. The molecular formula is C13H12N2O3S. The summed E-state index contributed by atoms with van der Waals surface area (Å²) in [6.45, 7) is 1.80. The molecule has 2 N–H and O–H groups in total. The van der Waals surface area contributed by atoms with Crippen LogP contribution in [0.1, 0.15) is 16.0 Å². The van der Waals surface area contributed by atoms with Gasteiger partial charge in [-0.05, 0) is 18.4 Å². The van der Waals surface area contributed by atoms with Gasteiger partial charge in [0.25, 0.3) is 5.56 Å². The van der Waals surface area contributed by atoms with Crippen LogP contribution in [-0.2, 0) is 6.54 Å². The van der Waals surface area contributed by atoms with E-state index in [0.29, 0.717) is 12.1 Å². The van der Waals surface area contributed by atoms with E-state index in [1.54, 1.807) is 6.92 Å². The van der Waals surface area contributed by atoms with Gasteiger partial charge in [-0.25, -0.2) is 4.79 Å². The third-order valence-electron chi connectivity index (χ3n) is 2.55. The molecule has 0 spiro atoms. The lowest BCUT2D eigenvalue weighted by Gasteiger charge is -2.04. The molecule has 0 aliphatic carbocycles. The number of nitrogens with zero attached hydrogens (tertiary/aromatic N) is 1. The largest absolute Gasteiger partial charge is 0.384 e. The molecule has 2 heterocycles. The van der Waals surface area contributed by atoms with Gasteiger partial charge in [-0.15, -0.1) is 11.3 Å². The Hall–Kier alpha value is -2.10. The Kier molecular flexibility index (Phi) is 4.00. The van der Waals surface area contributed by atoms with Crippen LogP contribution in [0, 0.1) is 18.8 Å². The SMILES string of the molecule is Cc1cn(Cc2sccc2C#CCO)c(=O)[nH]c1=O. The summed E-state index contributed by atoms with van der Waals surface area (Å²) >= 11 is 1.48. The first-order valence-electron chi connectivity index (χ1n) is 5.58. The standard InChI is InChI=1S/C13H12N2O3S/c1-9-7-15(13(18)14-12(9)17)8-11-10(3-2-5-16)4-6-19-11/h4,6-7,16H,5,8H2,1H3,(H,14,17,18). The zero-order chi connectivity index (χ0) is 13.8. The molecule has 6 heteroatoms. The fraction of sp³-hybridized carbons (Fsp3) is 0.231. The van der Waals surface area contributed by atoms with Crippen LogP contribution in [0.5, 0.6) is 0 Å². The summed E-state index contributed by atoms with van der Waals surface area (Å²) in [5, 5.41) is 10.6. The first-order chi connectivity index (χ1) is 9.11. The predicted octanol–water partition coefficient (Wildman–Crippen LogP) is 0.299. The van der Waals surface area contributed by atoms with Crippen molar-refractivity contribution in [2.45, 2.75) is 13.5 Å². The van der Waals surface area contributed by atoms with Crippen molar-refractivity contribution in [2.75, 3.05) is 6.61 Å². The van der Waals surface area contributed by atoms with Crippen molar-refractivity contribution in [1.29, 1.82) is 0 Å². The second-order valence-corrected chi connectivity index (χ2v) is 4.92. The summed E-state index contributed by atoms with van der Waals surface area (Å²) in [4.78, 5) is 26.1. The van der Waals surface area contributed by atoms with Gasteiger partial charge in [0.15, 0.2) is 0 Å². The fourth-order valence-electron chi connectivity index (χ4n) is 1.60. The smallest absolute Gasteiger partial charge is 0.328 e. The van der Waals surface area contributed by atoms with Crippen molar-refractivity contribution >= 4 is 11.3 Å². The normalized spacial score (nSPS) is 10.0. The van der Waals surface area contributed by atoms with E-state index < -0.39 is 5.69 Å². The van der Waals surface area contributed by atoms with E-state index >= 15 is 0 Å². The number of aromatic nitrogens is 2. The number of thiophene rings is 1. The lowest BCUT2D eigenvalue weighted by atomic mass is 10.2. The molecule has 2 aromatic rings. The lowest BCUT2D eigenvalue weighted by Crippen LogP contribution is -2.31. The first kappa shape index (κ1) is 13.3. The number of rotatable bonds is 2. The average molecular weight is 276 g/mol. The number of aliphatic hydroxyl groups excluding tert-OH is 1. The number of aromatic amines is 1. The summed E-state index contributed by atoms with van der Waals surface area (Å²) in [6, 6.07) is 1.84. The van der Waals surface area contributed by atoms with E-state index in [4.69, 9.17) is 5.11 Å². The third-order valence-corrected chi connectivity index (χ3v) is 3.46. The second kappa shape index (κ2) is 5.69. The molecule has 0 aromatic carbocycles. The van der Waals surface area contributed by atoms with Gasteiger partial charge in [0.05, 0.1) is 6.54 Å². The molecule has 5 nitrogen and oxygen atoms in total. The maximum atomic E-state index is 11.7. The number of hydrogen-bond acceptors (Lipinski definition) is 4. The van der Waals surface area contributed by atoms with Gasteiger partial charge in [0.2, 0.25) is 0 Å². The molecule has 0 radical (unpaired) electrons. The van der Waals surface area contributed by atoms with Crippen molar-refractivity contribution < 1.29 is 5.11 Å². The third kappa shape index (κ3) is 3.02. The maximum Gasteiger partial charge on any atom is 0.328 e. The molecule has 0 aliphatic heterocycles. The second-order valence-electron chi connectivity index (χ2n) is 3.92. The van der Waals surface area contributed by atoms with Gasteiger partial charge < -0.3 is 5.11 Å². The highest BCUT2D eigenvalue weighted by Crippen LogP contribution is 2.16. The van der Waals surface area contributed by atoms with E-state index in [9.17, 15) is 9.59 Å². The zero-order valence-corrected chi connectivity index (χ0v) is 11.1. The molecule has 0 bridgehead atoms. The highest BCUT2D eigenvalue weighted by Gasteiger charge is 2.06. The van der Waals surface area contributed by atoms with Gasteiger partial charge in [-0.2, -0.15) is 0 Å². The Bertz CT molecular complexity index is 758. The van der Waals surface area contributed by atoms with E-state index in [1.165, 1.54) is 22.1 Å². The summed E-state index contributed by atoms with van der Waals surface area (Å²) in [6.07, 6.45) is 1.53. The Morgan fingerprint density at radius 3 is 3.00 bits per heavy atom. The molecule has 0 aliphatic rings. The molecule has 0 saturated carbocycles. The summed E-state index contributed by atoms with van der Waals surface area (Å²) in [5.41, 5.74) is 0.465. The predicted molar refractivity (Wildman–Crippen MR) is 73.4 cm³/mol. The molecule has 0 saturated heterocycles. The zero-order valence-electron chi connectivity index (χ0n) is 10.3. The monoisotopic (exact) mass is 276 g/mol. The Morgan fingerprint density at radius 2 is 2.26 bits per heavy atom. The van der Waals surface area contributed by atoms with Crippen molar-refractivity contribution in [1.82, 2.24) is 9.55 Å². The molecule has 19 heavy (non-hydrogen) atoms. The average Bonchev–Trinajstić information content (AvgIpc) is 2.81. The van der Waals surface area contributed by atoms with E-state index in [-0.39, 0.29) is 12.2 Å². The highest BCUT2D eigenvalue weighted by atomic mass is 32.1. The van der Waals surface area contributed by atoms with Crippen molar-refractivity contribution in [3.8, 4) is 11.8 Å². The van der Waals surface area contributed by atoms with Gasteiger partial charge in [-0.3, -0.25) is 14.3 Å². The number of hydrogen-bond donors (Lipinski definition) is 2. The molecule has 0 atom stereocenters. The van der Waals surface area contributed by atoms with Crippen molar-refractivity contribution in [3.05, 3.63) is 54.5 Å². The van der Waals surface area contributed by atoms with Crippen molar-refractivity contribution in [2.24, 2.45) is 0 Å². The van der Waals surface area contributed by atoms with Crippen LogP contribution < -0.4 is 11.2 Å². The van der Waals surface area contributed by atoms with Gasteiger partial charge in [-0.1, -0.05) is 11.8 Å². The summed E-state index contributed by atoms with van der Waals surface area (Å²) in [5.74, 6) is 5.41. The molecular weight excluding hydrogens is 264 g/mol. The van der Waals surface area contributed by atoms with Crippen LogP contribution in [0.25, 0.3) is 0 Å². The highest BCUT2D eigenvalue weighted by molar-refractivity contribution is 7.10. The topological polar surface area (TPSA) is 75.1 Å². The molecule has 0 fully saturated rings. The van der Waals surface area contributed by atoms with Crippen LogP contribution in [0.2, 0.25) is 0 Å². The Morgan fingerprint density at radius 1 is 1.47 bits per heavy atom. The minimum absolute atomic E-state index is 0.201. The number of H-pyrrole nitrogens is 1. The fourth-order valence-corrected chi connectivity index (χ4v) is 2.43. The number of nitrogens with one attached hydrogen (secondary N) is 1. The van der Waals surface area contributed by atoms with E-state index in [0.717, 1.165) is 10.4 Å². The molecule has 0 amide bonds. The van der Waals surface area contributed by atoms with Gasteiger partial charge in [0.1, 0.15) is 6.61 Å². The summed E-state index contributed by atoms with van der Waals surface area (Å²) < 4.78 is 1.44. The minimum Gasteiger partial charge on any atom is -0.384 e. The quantitative estimate of drug-likeness (QED) is 0.775. The van der Waals surface area contributed by atoms with E-state index in [2.05, 4.69) is 16.8 Å². The Balaban J connectivity index is 2.37. The van der Waals surface area contributed by atoms with Crippen LogP contribution in [0.3, 0.4) is 0 Å². The maximum absolute atomic E-state index is 11.7. The van der Waals surface area contributed by atoms with Crippen molar-refractivity contribution in [3.63, 3.8) is 0 Å². The molecule has 98 valence electrons. The lowest BCUT2D eigenvalue weighted by molar-refractivity contribution is 0.350. The van der Waals surface area contributed by atoms with Crippen LogP contribution in [0.15, 0.2) is 27.2 Å². The first-order valence-corrected chi connectivity index (χ1v) is 6.46. The number of aliphatic hydroxyl groups is 1. The van der Waals surface area contributed by atoms with Crippen LogP contribution in [-0.4, -0.2) is 21.3 Å². The molecule has 0 unspecified atom stereocenters. The van der Waals surface area contributed by atoms with Crippen LogP contribution in [0.4, 0.5) is 0 Å². The number of aryl methyl sites for hydroxylation is 1. The van der Waals surface area contributed by atoms with E-state index in [1.807, 2.05) is 11.4 Å². The van der Waals surface area contributed by atoms with Crippen LogP contribution >= 0.6 is 11.3 Å². The van der Waals surface area contributed by atoms with Gasteiger partial charge in [0, 0.05) is 22.2 Å².